The highest BCUT2D eigenvalue weighted by Crippen LogP contribution is 2.36. The lowest BCUT2D eigenvalue weighted by Crippen LogP contribution is -1.92. The summed E-state index contributed by atoms with van der Waals surface area (Å²) in [5.74, 6) is 0. The monoisotopic (exact) mass is 219 g/mol. The number of rotatable bonds is 7. The molecule has 0 amide bonds. The molecule has 0 aliphatic rings. The quantitative estimate of drug-likeness (QED) is 0.488. The molecule has 0 bridgehead atoms. The molecule has 0 radical (unpaired) electrons. The molecule has 0 aliphatic heterocycles. The summed E-state index contributed by atoms with van der Waals surface area (Å²) in [7, 11) is -0.230. The fraction of sp³-hybridized carbons (Fsp3) is 0.545. The summed E-state index contributed by atoms with van der Waals surface area (Å²) in [5.41, 5.74) is 0. The Morgan fingerprint density at radius 1 is 0.867 bits per heavy atom. The number of hydrogen-bond donors (Lipinski definition) is 0. The van der Waals surface area contributed by atoms with Crippen molar-refractivity contribution in [3.8, 4) is 18.2 Å². The summed E-state index contributed by atoms with van der Waals surface area (Å²) in [5, 5.41) is 25.3. The van der Waals surface area contributed by atoms with E-state index in [-0.39, 0.29) is 7.92 Å². The van der Waals surface area contributed by atoms with Crippen LogP contribution in [0.15, 0.2) is 12.2 Å². The standard InChI is InChI=1S/C11H14N3P/c12-6-2-1-3-9-15(10-4-7-13)11-5-8-14/h1,3H,2,4-5,9-11H2/b3-1+. The third kappa shape index (κ3) is 8.96. The predicted molar refractivity (Wildman–Crippen MR) is 61.4 cm³/mol. The van der Waals surface area contributed by atoms with Gasteiger partial charge in [-0.05, 0) is 18.5 Å². The maximum atomic E-state index is 8.48. The lowest BCUT2D eigenvalue weighted by Gasteiger charge is -2.11. The Labute approximate surface area is 92.4 Å². The molecule has 0 aromatic carbocycles. The number of hydrogen-bond acceptors (Lipinski definition) is 3. The van der Waals surface area contributed by atoms with Gasteiger partial charge in [0.2, 0.25) is 0 Å². The average molecular weight is 219 g/mol. The van der Waals surface area contributed by atoms with E-state index in [2.05, 4.69) is 12.1 Å². The molecule has 0 saturated heterocycles. The summed E-state index contributed by atoms with van der Waals surface area (Å²) >= 11 is 0. The van der Waals surface area contributed by atoms with Crippen molar-refractivity contribution in [2.75, 3.05) is 18.5 Å². The van der Waals surface area contributed by atoms with E-state index in [1.165, 1.54) is 0 Å². The Morgan fingerprint density at radius 2 is 1.47 bits per heavy atom. The molecule has 15 heavy (non-hydrogen) atoms. The summed E-state index contributed by atoms with van der Waals surface area (Å²) in [6.07, 6.45) is 8.19. The summed E-state index contributed by atoms with van der Waals surface area (Å²) < 4.78 is 0. The fourth-order valence-electron chi connectivity index (χ4n) is 1.07. The molecule has 0 fully saturated rings. The molecule has 0 atom stereocenters. The minimum absolute atomic E-state index is 0.230. The highest BCUT2D eigenvalue weighted by molar-refractivity contribution is 7.57. The summed E-state index contributed by atoms with van der Waals surface area (Å²) in [6.45, 7) is 0. The Kier molecular flexibility index (Phi) is 9.75. The zero-order valence-corrected chi connectivity index (χ0v) is 9.58. The van der Waals surface area contributed by atoms with Gasteiger partial charge < -0.3 is 0 Å². The molecule has 0 aromatic heterocycles. The van der Waals surface area contributed by atoms with Crippen molar-refractivity contribution >= 4 is 7.92 Å². The zero-order chi connectivity index (χ0) is 11.4. The predicted octanol–water partition coefficient (Wildman–Crippen LogP) is 2.77. The van der Waals surface area contributed by atoms with Crippen LogP contribution in [0.2, 0.25) is 0 Å². The van der Waals surface area contributed by atoms with Crippen molar-refractivity contribution in [1.82, 2.24) is 0 Å². The lowest BCUT2D eigenvalue weighted by atomic mass is 10.4. The van der Waals surface area contributed by atoms with Crippen LogP contribution in [0, 0.1) is 34.0 Å². The van der Waals surface area contributed by atoms with Crippen LogP contribution in [-0.2, 0) is 0 Å². The van der Waals surface area contributed by atoms with Gasteiger partial charge in [0.05, 0.1) is 24.6 Å². The molecule has 3 nitrogen and oxygen atoms in total. The van der Waals surface area contributed by atoms with E-state index in [4.69, 9.17) is 15.8 Å². The Balaban J connectivity index is 3.86. The molecule has 0 unspecified atom stereocenters. The van der Waals surface area contributed by atoms with Gasteiger partial charge in [-0.1, -0.05) is 12.2 Å². The lowest BCUT2D eigenvalue weighted by molar-refractivity contribution is 1.17. The van der Waals surface area contributed by atoms with Gasteiger partial charge in [0.1, 0.15) is 0 Å². The normalized spacial score (nSPS) is 9.73. The second-order valence-electron chi connectivity index (χ2n) is 2.95. The number of nitriles is 3. The van der Waals surface area contributed by atoms with Crippen LogP contribution in [0.25, 0.3) is 0 Å². The van der Waals surface area contributed by atoms with Gasteiger partial charge in [-0.3, -0.25) is 0 Å². The van der Waals surface area contributed by atoms with Crippen molar-refractivity contribution in [2.24, 2.45) is 0 Å². The van der Waals surface area contributed by atoms with Crippen molar-refractivity contribution < 1.29 is 0 Å². The van der Waals surface area contributed by atoms with Crippen LogP contribution in [0.5, 0.6) is 0 Å². The van der Waals surface area contributed by atoms with Crippen LogP contribution in [0.3, 0.4) is 0 Å². The van der Waals surface area contributed by atoms with Gasteiger partial charge >= 0.3 is 0 Å². The molecule has 78 valence electrons. The van der Waals surface area contributed by atoms with E-state index in [1.807, 2.05) is 18.2 Å². The van der Waals surface area contributed by atoms with Gasteiger partial charge in [0.15, 0.2) is 0 Å². The van der Waals surface area contributed by atoms with Crippen molar-refractivity contribution in [3.63, 3.8) is 0 Å². The van der Waals surface area contributed by atoms with E-state index in [1.54, 1.807) is 0 Å². The van der Waals surface area contributed by atoms with Crippen LogP contribution < -0.4 is 0 Å². The van der Waals surface area contributed by atoms with E-state index >= 15 is 0 Å². The molecule has 0 N–H and O–H groups in total. The first-order valence-electron chi connectivity index (χ1n) is 4.83. The first-order valence-corrected chi connectivity index (χ1v) is 6.73. The van der Waals surface area contributed by atoms with E-state index in [0.29, 0.717) is 19.3 Å². The van der Waals surface area contributed by atoms with Crippen LogP contribution in [-0.4, -0.2) is 18.5 Å². The molecule has 4 heteroatoms. The molecule has 0 aromatic rings. The van der Waals surface area contributed by atoms with E-state index < -0.39 is 0 Å². The molecule has 0 spiro atoms. The topological polar surface area (TPSA) is 71.4 Å². The van der Waals surface area contributed by atoms with E-state index in [0.717, 1.165) is 18.5 Å². The van der Waals surface area contributed by atoms with Gasteiger partial charge in [-0.2, -0.15) is 15.8 Å². The Hall–Kier alpha value is -1.36. The first-order chi connectivity index (χ1) is 7.35. The van der Waals surface area contributed by atoms with Gasteiger partial charge in [0, 0.05) is 12.8 Å². The van der Waals surface area contributed by atoms with Gasteiger partial charge in [-0.15, -0.1) is 7.92 Å². The smallest absolute Gasteiger partial charge is 0.0663 e. The maximum absolute atomic E-state index is 8.48. The SMILES string of the molecule is N#CC/C=C/CP(CCC#N)CCC#N. The Bertz CT molecular complexity index is 285. The third-order valence-electron chi connectivity index (χ3n) is 1.82. The van der Waals surface area contributed by atoms with Crippen LogP contribution in [0.1, 0.15) is 19.3 Å². The van der Waals surface area contributed by atoms with Crippen LogP contribution in [0.4, 0.5) is 0 Å². The van der Waals surface area contributed by atoms with Gasteiger partial charge in [-0.25, -0.2) is 0 Å². The molecular formula is C11H14N3P. The number of allylic oxidation sites excluding steroid dienone is 2. The second-order valence-corrected chi connectivity index (χ2v) is 5.55. The average Bonchev–Trinajstić information content (AvgIpc) is 2.27. The molecule has 0 saturated carbocycles. The Morgan fingerprint density at radius 3 is 1.93 bits per heavy atom. The molecule has 0 rings (SSSR count). The first kappa shape index (κ1) is 13.6. The summed E-state index contributed by atoms with van der Waals surface area (Å²) in [4.78, 5) is 0. The van der Waals surface area contributed by atoms with Crippen molar-refractivity contribution in [2.45, 2.75) is 19.3 Å². The zero-order valence-electron chi connectivity index (χ0n) is 8.69. The minimum atomic E-state index is -0.230. The van der Waals surface area contributed by atoms with Crippen molar-refractivity contribution in [3.05, 3.63) is 12.2 Å². The van der Waals surface area contributed by atoms with Crippen molar-refractivity contribution in [1.29, 1.82) is 15.8 Å². The largest absolute Gasteiger partial charge is 0.198 e. The number of nitrogens with zero attached hydrogens (tertiary/aromatic N) is 3. The third-order valence-corrected chi connectivity index (χ3v) is 4.26. The van der Waals surface area contributed by atoms with Crippen LogP contribution >= 0.6 is 7.92 Å². The molecule has 0 aliphatic carbocycles. The van der Waals surface area contributed by atoms with Gasteiger partial charge in [0.25, 0.3) is 0 Å². The fourth-order valence-corrected chi connectivity index (χ4v) is 2.94. The molecule has 0 heterocycles. The summed E-state index contributed by atoms with van der Waals surface area (Å²) in [6, 6.07) is 6.31. The molecular weight excluding hydrogens is 205 g/mol. The highest BCUT2D eigenvalue weighted by Gasteiger charge is 2.04. The second kappa shape index (κ2) is 10.7. The maximum Gasteiger partial charge on any atom is 0.0663 e. The van der Waals surface area contributed by atoms with E-state index in [9.17, 15) is 0 Å². The minimum Gasteiger partial charge on any atom is -0.198 e. The highest BCUT2D eigenvalue weighted by atomic mass is 31.1.